The van der Waals surface area contributed by atoms with Crippen molar-refractivity contribution in [3.05, 3.63) is 47.5 Å². The number of ether oxygens (including phenoxy) is 1. The van der Waals surface area contributed by atoms with Gasteiger partial charge in [0, 0.05) is 19.6 Å². The van der Waals surface area contributed by atoms with Gasteiger partial charge in [0.15, 0.2) is 0 Å². The molecule has 17 heavy (non-hydrogen) atoms. The van der Waals surface area contributed by atoms with Gasteiger partial charge in [0.2, 0.25) is 0 Å². The minimum atomic E-state index is 0.231. The molecule has 1 aliphatic heterocycles. The third-order valence-electron chi connectivity index (χ3n) is 3.29. The fourth-order valence-corrected chi connectivity index (χ4v) is 2.16. The van der Waals surface area contributed by atoms with Gasteiger partial charge in [-0.2, -0.15) is 0 Å². The van der Waals surface area contributed by atoms with Crippen molar-refractivity contribution in [2.24, 2.45) is 0 Å². The highest BCUT2D eigenvalue weighted by Gasteiger charge is 2.21. The van der Waals surface area contributed by atoms with E-state index < -0.39 is 0 Å². The molecule has 2 nitrogen and oxygen atoms in total. The van der Waals surface area contributed by atoms with E-state index in [1.807, 2.05) is 6.07 Å². The number of rotatable bonds is 3. The fraction of sp³-hybridized carbons (Fsp3) is 0.467. The molecule has 0 spiro atoms. The first-order valence-corrected chi connectivity index (χ1v) is 6.30. The van der Waals surface area contributed by atoms with Crippen LogP contribution in [0.4, 0.5) is 0 Å². The first-order valence-electron chi connectivity index (χ1n) is 6.30. The summed E-state index contributed by atoms with van der Waals surface area (Å²) in [6.07, 6.45) is 2.42. The molecule has 0 saturated carbocycles. The second-order valence-corrected chi connectivity index (χ2v) is 4.64. The molecule has 1 aliphatic rings. The Labute approximate surface area is 104 Å². The molecule has 0 radical (unpaired) electrons. The summed E-state index contributed by atoms with van der Waals surface area (Å²) in [5, 5.41) is 0. The van der Waals surface area contributed by atoms with Crippen molar-refractivity contribution in [2.75, 3.05) is 26.2 Å². The lowest BCUT2D eigenvalue weighted by Crippen LogP contribution is -2.39. The lowest BCUT2D eigenvalue weighted by Gasteiger charge is -2.33. The van der Waals surface area contributed by atoms with E-state index >= 15 is 0 Å². The van der Waals surface area contributed by atoms with E-state index in [9.17, 15) is 0 Å². The molecule has 0 amide bonds. The highest BCUT2D eigenvalue weighted by atomic mass is 16.5. The molecule has 0 aromatic heterocycles. The van der Waals surface area contributed by atoms with Crippen molar-refractivity contribution >= 4 is 0 Å². The Hall–Kier alpha value is -1.12. The molecular formula is C15H21NO. The van der Waals surface area contributed by atoms with E-state index in [1.165, 1.54) is 11.1 Å². The molecule has 0 N–H and O–H groups in total. The van der Waals surface area contributed by atoms with Crippen LogP contribution in [0.5, 0.6) is 0 Å². The first-order chi connectivity index (χ1) is 8.29. The molecule has 1 fully saturated rings. The molecule has 1 heterocycles. The van der Waals surface area contributed by atoms with Crippen molar-refractivity contribution in [1.29, 1.82) is 0 Å². The second-order valence-electron chi connectivity index (χ2n) is 4.64. The minimum absolute atomic E-state index is 0.231. The van der Waals surface area contributed by atoms with Gasteiger partial charge < -0.3 is 4.74 Å². The summed E-state index contributed by atoms with van der Waals surface area (Å²) in [5.41, 5.74) is 2.72. The van der Waals surface area contributed by atoms with Gasteiger partial charge in [0.1, 0.15) is 0 Å². The van der Waals surface area contributed by atoms with Crippen LogP contribution in [0.3, 0.4) is 0 Å². The van der Waals surface area contributed by atoms with E-state index in [-0.39, 0.29) is 6.10 Å². The minimum Gasteiger partial charge on any atom is -0.371 e. The van der Waals surface area contributed by atoms with Crippen LogP contribution >= 0.6 is 0 Å². The maximum Gasteiger partial charge on any atom is 0.0952 e. The van der Waals surface area contributed by atoms with Crippen LogP contribution in [-0.4, -0.2) is 31.1 Å². The van der Waals surface area contributed by atoms with Crippen LogP contribution in [0.2, 0.25) is 0 Å². The maximum absolute atomic E-state index is 5.85. The molecule has 2 heteroatoms. The van der Waals surface area contributed by atoms with Crippen LogP contribution in [0.1, 0.15) is 25.5 Å². The number of hydrogen-bond donors (Lipinski definition) is 0. The number of morpholine rings is 1. The van der Waals surface area contributed by atoms with Gasteiger partial charge in [0.25, 0.3) is 0 Å². The summed E-state index contributed by atoms with van der Waals surface area (Å²) >= 11 is 0. The Kier molecular flexibility index (Phi) is 4.35. The molecule has 92 valence electrons. The van der Waals surface area contributed by atoms with Gasteiger partial charge in [-0.15, -0.1) is 0 Å². The van der Waals surface area contributed by atoms with Crippen molar-refractivity contribution < 1.29 is 4.74 Å². The van der Waals surface area contributed by atoms with E-state index in [0.29, 0.717) is 0 Å². The molecular weight excluding hydrogens is 210 g/mol. The molecule has 0 aliphatic carbocycles. The Bertz CT molecular complexity index is 372. The van der Waals surface area contributed by atoms with E-state index in [4.69, 9.17) is 4.74 Å². The van der Waals surface area contributed by atoms with Gasteiger partial charge in [0.05, 0.1) is 12.7 Å². The quantitative estimate of drug-likeness (QED) is 0.741. The molecule has 1 unspecified atom stereocenters. The van der Waals surface area contributed by atoms with Gasteiger partial charge in [-0.25, -0.2) is 0 Å². The van der Waals surface area contributed by atoms with E-state index in [1.54, 1.807) is 0 Å². The Balaban J connectivity index is 1.98. The van der Waals surface area contributed by atoms with Crippen LogP contribution in [-0.2, 0) is 4.74 Å². The summed E-state index contributed by atoms with van der Waals surface area (Å²) in [6.45, 7) is 8.21. The summed E-state index contributed by atoms with van der Waals surface area (Å²) in [7, 11) is 0. The molecule has 1 aromatic rings. The van der Waals surface area contributed by atoms with E-state index in [2.05, 4.69) is 49.1 Å². The fourth-order valence-electron chi connectivity index (χ4n) is 2.16. The van der Waals surface area contributed by atoms with Crippen molar-refractivity contribution in [1.82, 2.24) is 4.90 Å². The maximum atomic E-state index is 5.85. The summed E-state index contributed by atoms with van der Waals surface area (Å²) in [6, 6.07) is 10.5. The van der Waals surface area contributed by atoms with Crippen LogP contribution in [0.25, 0.3) is 0 Å². The Morgan fingerprint density at radius 1 is 1.41 bits per heavy atom. The molecule has 0 bridgehead atoms. The summed E-state index contributed by atoms with van der Waals surface area (Å²) < 4.78 is 5.85. The van der Waals surface area contributed by atoms with Gasteiger partial charge >= 0.3 is 0 Å². The average molecular weight is 231 g/mol. The predicted octanol–water partition coefficient (Wildman–Crippen LogP) is 3.03. The zero-order chi connectivity index (χ0) is 12.1. The van der Waals surface area contributed by atoms with Crippen LogP contribution < -0.4 is 0 Å². The summed E-state index contributed by atoms with van der Waals surface area (Å²) in [5.74, 6) is 0. The third kappa shape index (κ3) is 3.42. The lowest BCUT2D eigenvalue weighted by molar-refractivity contribution is -0.0268. The molecule has 1 saturated heterocycles. The normalized spacial score (nSPS) is 22.7. The standard InChI is InChI=1S/C15H21NO/c1-3-13(2)11-16-9-10-17-15(12-16)14-7-5-4-6-8-14/h3-8,15H,9-12H2,1-2H3/b13-3+. The highest BCUT2D eigenvalue weighted by Crippen LogP contribution is 2.22. The zero-order valence-corrected chi connectivity index (χ0v) is 10.7. The molecule has 1 atom stereocenters. The van der Waals surface area contributed by atoms with Gasteiger partial charge in [-0.1, -0.05) is 42.0 Å². The second kappa shape index (κ2) is 5.99. The van der Waals surface area contributed by atoms with Crippen LogP contribution in [0.15, 0.2) is 42.0 Å². The predicted molar refractivity (Wildman–Crippen MR) is 71.0 cm³/mol. The SMILES string of the molecule is C/C=C(\C)CN1CCOC(c2ccccc2)C1. The molecule has 1 aromatic carbocycles. The van der Waals surface area contributed by atoms with E-state index in [0.717, 1.165) is 26.2 Å². The average Bonchev–Trinajstić information content (AvgIpc) is 2.40. The number of hydrogen-bond acceptors (Lipinski definition) is 2. The number of allylic oxidation sites excluding steroid dienone is 1. The Morgan fingerprint density at radius 2 is 2.18 bits per heavy atom. The van der Waals surface area contributed by atoms with Crippen molar-refractivity contribution in [3.8, 4) is 0 Å². The van der Waals surface area contributed by atoms with Crippen molar-refractivity contribution in [3.63, 3.8) is 0 Å². The number of nitrogens with zero attached hydrogens (tertiary/aromatic N) is 1. The third-order valence-corrected chi connectivity index (χ3v) is 3.29. The smallest absolute Gasteiger partial charge is 0.0952 e. The number of benzene rings is 1. The van der Waals surface area contributed by atoms with Crippen LogP contribution in [0, 0.1) is 0 Å². The topological polar surface area (TPSA) is 12.5 Å². The highest BCUT2D eigenvalue weighted by molar-refractivity contribution is 5.18. The van der Waals surface area contributed by atoms with Crippen molar-refractivity contribution in [2.45, 2.75) is 20.0 Å². The Morgan fingerprint density at radius 3 is 2.88 bits per heavy atom. The largest absolute Gasteiger partial charge is 0.371 e. The zero-order valence-electron chi connectivity index (χ0n) is 10.7. The summed E-state index contributed by atoms with van der Waals surface area (Å²) in [4.78, 5) is 2.47. The van der Waals surface area contributed by atoms with Gasteiger partial charge in [-0.3, -0.25) is 4.90 Å². The first kappa shape index (κ1) is 12.3. The lowest BCUT2D eigenvalue weighted by atomic mass is 10.1. The molecule has 2 rings (SSSR count). The monoisotopic (exact) mass is 231 g/mol. The van der Waals surface area contributed by atoms with Gasteiger partial charge in [-0.05, 0) is 19.4 Å².